The summed E-state index contributed by atoms with van der Waals surface area (Å²) in [4.78, 5) is 8.31. The Kier molecular flexibility index (Phi) is 2.44. The van der Waals surface area contributed by atoms with Gasteiger partial charge in [0, 0.05) is 6.54 Å². The van der Waals surface area contributed by atoms with E-state index in [9.17, 15) is 0 Å². The van der Waals surface area contributed by atoms with Gasteiger partial charge in [-0.15, -0.1) is 0 Å². The zero-order valence-electron chi connectivity index (χ0n) is 9.85. The summed E-state index contributed by atoms with van der Waals surface area (Å²) in [5.41, 5.74) is 7.62. The third-order valence-corrected chi connectivity index (χ3v) is 3.33. The summed E-state index contributed by atoms with van der Waals surface area (Å²) in [6.07, 6.45) is 2.70. The first-order valence-electron chi connectivity index (χ1n) is 5.90. The quantitative estimate of drug-likeness (QED) is 0.779. The van der Waals surface area contributed by atoms with Crippen LogP contribution in [-0.2, 0) is 6.54 Å². The van der Waals surface area contributed by atoms with E-state index in [1.54, 1.807) is 0 Å². The van der Waals surface area contributed by atoms with Crippen molar-refractivity contribution >= 4 is 16.9 Å². The molecule has 6 nitrogen and oxygen atoms in total. The zero-order valence-corrected chi connectivity index (χ0v) is 9.85. The predicted octanol–water partition coefficient (Wildman–Crippen LogP) is 0.326. The Bertz CT molecular complexity index is 540. The second-order valence-electron chi connectivity index (χ2n) is 4.58. The molecule has 2 aromatic rings. The van der Waals surface area contributed by atoms with Gasteiger partial charge in [-0.05, 0) is 32.4 Å². The van der Waals surface area contributed by atoms with Crippen molar-refractivity contribution in [3.05, 3.63) is 12.0 Å². The number of nitrogens with one attached hydrogen (secondary N) is 1. The topological polar surface area (TPSA) is 81.7 Å². The molecular formula is C11H16N6. The molecule has 1 aliphatic rings. The Morgan fingerprint density at radius 1 is 1.53 bits per heavy atom. The van der Waals surface area contributed by atoms with Crippen LogP contribution in [0.2, 0.25) is 0 Å². The summed E-state index contributed by atoms with van der Waals surface area (Å²) in [7, 11) is 0. The Morgan fingerprint density at radius 2 is 2.41 bits per heavy atom. The van der Waals surface area contributed by atoms with Crippen molar-refractivity contribution in [2.24, 2.45) is 5.92 Å². The normalized spacial score (nSPS) is 20.2. The molecule has 3 heterocycles. The number of hydrogen-bond acceptors (Lipinski definition) is 5. The zero-order chi connectivity index (χ0) is 11.8. The van der Waals surface area contributed by atoms with E-state index in [1.165, 1.54) is 12.7 Å². The molecule has 17 heavy (non-hydrogen) atoms. The first-order valence-corrected chi connectivity index (χ1v) is 5.90. The smallest absolute Gasteiger partial charge is 0.163 e. The summed E-state index contributed by atoms with van der Waals surface area (Å²) >= 11 is 0. The lowest BCUT2D eigenvalue weighted by molar-refractivity contribution is 0.455. The number of nitrogens with zero attached hydrogens (tertiary/aromatic N) is 4. The van der Waals surface area contributed by atoms with Crippen molar-refractivity contribution in [2.45, 2.75) is 19.9 Å². The fraction of sp³-hybridized carbons (Fsp3) is 0.545. The minimum Gasteiger partial charge on any atom is -0.383 e. The number of anilines is 1. The van der Waals surface area contributed by atoms with Crippen LogP contribution in [0.5, 0.6) is 0 Å². The molecule has 1 atom stereocenters. The second kappa shape index (κ2) is 3.96. The largest absolute Gasteiger partial charge is 0.383 e. The third-order valence-electron chi connectivity index (χ3n) is 3.33. The molecule has 0 saturated carbocycles. The van der Waals surface area contributed by atoms with Crippen molar-refractivity contribution in [1.82, 2.24) is 25.1 Å². The summed E-state index contributed by atoms with van der Waals surface area (Å²) in [6.45, 7) is 5.00. The van der Waals surface area contributed by atoms with Gasteiger partial charge >= 0.3 is 0 Å². The van der Waals surface area contributed by atoms with E-state index in [0.29, 0.717) is 11.7 Å². The van der Waals surface area contributed by atoms with Gasteiger partial charge in [-0.25, -0.2) is 14.6 Å². The van der Waals surface area contributed by atoms with Gasteiger partial charge in [0.2, 0.25) is 0 Å². The maximum Gasteiger partial charge on any atom is 0.163 e. The van der Waals surface area contributed by atoms with Crippen LogP contribution >= 0.6 is 0 Å². The van der Waals surface area contributed by atoms with E-state index in [1.807, 2.05) is 11.6 Å². The molecule has 3 N–H and O–H groups in total. The SMILES string of the molecule is Cc1nn(CC2CCNC2)c2ncnc(N)c12. The van der Waals surface area contributed by atoms with Crippen molar-refractivity contribution < 1.29 is 0 Å². The summed E-state index contributed by atoms with van der Waals surface area (Å²) in [5.74, 6) is 1.15. The Morgan fingerprint density at radius 3 is 3.18 bits per heavy atom. The highest BCUT2D eigenvalue weighted by Gasteiger charge is 2.18. The van der Waals surface area contributed by atoms with Crippen LogP contribution in [0.25, 0.3) is 11.0 Å². The van der Waals surface area contributed by atoms with Crippen LogP contribution in [-0.4, -0.2) is 32.8 Å². The van der Waals surface area contributed by atoms with Crippen molar-refractivity contribution in [3.63, 3.8) is 0 Å². The van der Waals surface area contributed by atoms with E-state index in [0.717, 1.165) is 36.4 Å². The van der Waals surface area contributed by atoms with Crippen molar-refractivity contribution in [2.75, 3.05) is 18.8 Å². The average molecular weight is 232 g/mol. The molecule has 90 valence electrons. The van der Waals surface area contributed by atoms with E-state index < -0.39 is 0 Å². The molecule has 1 saturated heterocycles. The van der Waals surface area contributed by atoms with Gasteiger partial charge in [-0.2, -0.15) is 5.10 Å². The molecular weight excluding hydrogens is 216 g/mol. The van der Waals surface area contributed by atoms with Gasteiger partial charge in [0.15, 0.2) is 5.65 Å². The monoisotopic (exact) mass is 232 g/mol. The molecule has 0 spiro atoms. The fourth-order valence-electron chi connectivity index (χ4n) is 2.45. The van der Waals surface area contributed by atoms with Gasteiger partial charge < -0.3 is 11.1 Å². The van der Waals surface area contributed by atoms with E-state index in [-0.39, 0.29) is 0 Å². The fourth-order valence-corrected chi connectivity index (χ4v) is 2.45. The molecule has 3 rings (SSSR count). The lowest BCUT2D eigenvalue weighted by Crippen LogP contribution is -2.15. The minimum atomic E-state index is 0.517. The summed E-state index contributed by atoms with van der Waals surface area (Å²) < 4.78 is 1.96. The molecule has 0 amide bonds. The van der Waals surface area contributed by atoms with Gasteiger partial charge in [0.1, 0.15) is 12.1 Å². The highest BCUT2D eigenvalue weighted by molar-refractivity contribution is 5.87. The van der Waals surface area contributed by atoms with E-state index in [2.05, 4.69) is 20.4 Å². The molecule has 1 fully saturated rings. The number of rotatable bonds is 2. The average Bonchev–Trinajstić information content (AvgIpc) is 2.90. The molecule has 1 unspecified atom stereocenters. The van der Waals surface area contributed by atoms with Crippen LogP contribution < -0.4 is 11.1 Å². The van der Waals surface area contributed by atoms with Gasteiger partial charge in [0.05, 0.1) is 11.1 Å². The van der Waals surface area contributed by atoms with Crippen molar-refractivity contribution in [3.8, 4) is 0 Å². The van der Waals surface area contributed by atoms with Crippen LogP contribution in [0.1, 0.15) is 12.1 Å². The first-order chi connectivity index (χ1) is 8.25. The van der Waals surface area contributed by atoms with Crippen molar-refractivity contribution in [1.29, 1.82) is 0 Å². The molecule has 2 aromatic heterocycles. The molecule has 6 heteroatoms. The summed E-state index contributed by atoms with van der Waals surface area (Å²) in [6, 6.07) is 0. The Hall–Kier alpha value is -1.69. The Balaban J connectivity index is 2.01. The van der Waals surface area contributed by atoms with Crippen LogP contribution in [0.15, 0.2) is 6.33 Å². The van der Waals surface area contributed by atoms with Crippen LogP contribution in [0.3, 0.4) is 0 Å². The van der Waals surface area contributed by atoms with E-state index >= 15 is 0 Å². The highest BCUT2D eigenvalue weighted by Crippen LogP contribution is 2.22. The number of fused-ring (bicyclic) bond motifs is 1. The lowest BCUT2D eigenvalue weighted by Gasteiger charge is -2.08. The predicted molar refractivity (Wildman–Crippen MR) is 65.4 cm³/mol. The minimum absolute atomic E-state index is 0.517. The Labute approximate surface area is 99.2 Å². The van der Waals surface area contributed by atoms with Gasteiger partial charge in [0.25, 0.3) is 0 Å². The molecule has 1 aliphatic heterocycles. The molecule has 0 aliphatic carbocycles. The molecule has 0 bridgehead atoms. The maximum atomic E-state index is 5.86. The number of aromatic nitrogens is 4. The highest BCUT2D eigenvalue weighted by atomic mass is 15.3. The number of nitrogens with two attached hydrogens (primary N) is 1. The van der Waals surface area contributed by atoms with Crippen LogP contribution in [0.4, 0.5) is 5.82 Å². The maximum absolute atomic E-state index is 5.86. The molecule has 0 aromatic carbocycles. The van der Waals surface area contributed by atoms with Gasteiger partial charge in [-0.1, -0.05) is 0 Å². The second-order valence-corrected chi connectivity index (χ2v) is 4.58. The first kappa shape index (κ1) is 10.5. The van der Waals surface area contributed by atoms with Crippen LogP contribution in [0, 0.1) is 12.8 Å². The number of hydrogen-bond donors (Lipinski definition) is 2. The third kappa shape index (κ3) is 1.74. The van der Waals surface area contributed by atoms with Gasteiger partial charge in [-0.3, -0.25) is 0 Å². The number of aryl methyl sites for hydroxylation is 1. The molecule has 0 radical (unpaired) electrons. The lowest BCUT2D eigenvalue weighted by atomic mass is 10.1. The number of nitrogen functional groups attached to an aromatic ring is 1. The summed E-state index contributed by atoms with van der Waals surface area (Å²) in [5, 5.41) is 8.77. The van der Waals surface area contributed by atoms with E-state index in [4.69, 9.17) is 5.73 Å². The standard InChI is InChI=1S/C11H16N6/c1-7-9-10(12)14-6-15-11(9)17(16-7)5-8-2-3-13-4-8/h6,8,13H,2-5H2,1H3,(H2,12,14,15).